The van der Waals surface area contributed by atoms with Crippen LogP contribution in [0, 0.1) is 5.41 Å². The molecule has 1 heterocycles. The summed E-state index contributed by atoms with van der Waals surface area (Å²) in [4.78, 5) is 35.3. The van der Waals surface area contributed by atoms with Crippen molar-refractivity contribution >= 4 is 17.8 Å². The molecular formula is C17H30N2O4. The number of unbranched alkanes of at least 4 members (excludes halogenated alkanes) is 8. The topological polar surface area (TPSA) is 95.5 Å². The van der Waals surface area contributed by atoms with Crippen molar-refractivity contribution in [1.82, 2.24) is 10.6 Å². The summed E-state index contributed by atoms with van der Waals surface area (Å²) in [6, 6.07) is -0.717. The molecule has 4 amide bonds. The third-order valence-corrected chi connectivity index (χ3v) is 4.69. The Hall–Kier alpha value is -1.43. The molecule has 1 fully saturated rings. The fourth-order valence-corrected chi connectivity index (χ4v) is 3.08. The van der Waals surface area contributed by atoms with E-state index in [1.54, 1.807) is 6.92 Å². The molecular weight excluding hydrogens is 296 g/mol. The highest BCUT2D eigenvalue weighted by Gasteiger charge is 2.48. The van der Waals surface area contributed by atoms with Crippen LogP contribution in [0.1, 0.15) is 77.6 Å². The smallest absolute Gasteiger partial charge is 0.328 e. The largest absolute Gasteiger partial charge is 0.396 e. The first-order valence-corrected chi connectivity index (χ1v) is 8.84. The van der Waals surface area contributed by atoms with Crippen LogP contribution >= 0.6 is 0 Å². The standard InChI is InChI=1S/C17H30N2O4/c1-2-17(14(21)18-16(23)19-15(17)22)12-10-8-6-4-3-5-7-9-11-13-20/h20H,2-13H2,1H3,(H2,18,19,21,22,23). The molecule has 6 nitrogen and oxygen atoms in total. The lowest BCUT2D eigenvalue weighted by Crippen LogP contribution is -2.62. The van der Waals surface area contributed by atoms with E-state index >= 15 is 0 Å². The SMILES string of the molecule is CCC1(CCCCCCCCCCCO)C(=O)NC(=O)NC1=O. The van der Waals surface area contributed by atoms with Gasteiger partial charge < -0.3 is 5.11 Å². The molecule has 0 atom stereocenters. The Bertz CT molecular complexity index is 389. The predicted octanol–water partition coefficient (Wildman–Crippen LogP) is 2.64. The third kappa shape index (κ3) is 5.94. The van der Waals surface area contributed by atoms with Crippen molar-refractivity contribution in [2.24, 2.45) is 5.41 Å². The number of amides is 4. The third-order valence-electron chi connectivity index (χ3n) is 4.69. The Kier molecular flexibility index (Phi) is 8.84. The summed E-state index contributed by atoms with van der Waals surface area (Å²) in [5.74, 6) is -0.921. The molecule has 0 aromatic heterocycles. The number of hydrogen-bond acceptors (Lipinski definition) is 4. The molecule has 132 valence electrons. The zero-order valence-electron chi connectivity index (χ0n) is 14.2. The van der Waals surface area contributed by atoms with Gasteiger partial charge in [-0.25, -0.2) is 4.79 Å². The van der Waals surface area contributed by atoms with Gasteiger partial charge in [0.15, 0.2) is 0 Å². The molecule has 0 aromatic carbocycles. The molecule has 1 rings (SSSR count). The van der Waals surface area contributed by atoms with Crippen LogP contribution in [0.25, 0.3) is 0 Å². The van der Waals surface area contributed by atoms with Crippen molar-refractivity contribution in [3.63, 3.8) is 0 Å². The fourth-order valence-electron chi connectivity index (χ4n) is 3.08. The van der Waals surface area contributed by atoms with Gasteiger partial charge in [0.1, 0.15) is 5.41 Å². The zero-order valence-corrected chi connectivity index (χ0v) is 14.2. The second-order valence-corrected chi connectivity index (χ2v) is 6.33. The Morgan fingerprint density at radius 1 is 0.783 bits per heavy atom. The monoisotopic (exact) mass is 326 g/mol. The van der Waals surface area contributed by atoms with Gasteiger partial charge in [-0.1, -0.05) is 58.3 Å². The maximum Gasteiger partial charge on any atom is 0.328 e. The van der Waals surface area contributed by atoms with Crippen molar-refractivity contribution in [1.29, 1.82) is 0 Å². The van der Waals surface area contributed by atoms with Crippen LogP contribution in [0.15, 0.2) is 0 Å². The minimum absolute atomic E-state index is 0.284. The van der Waals surface area contributed by atoms with Crippen molar-refractivity contribution in [2.75, 3.05) is 6.61 Å². The fraction of sp³-hybridized carbons (Fsp3) is 0.824. The van der Waals surface area contributed by atoms with Crippen LogP contribution in [-0.4, -0.2) is 29.6 Å². The Morgan fingerprint density at radius 2 is 1.22 bits per heavy atom. The number of urea groups is 1. The van der Waals surface area contributed by atoms with Crippen molar-refractivity contribution in [3.05, 3.63) is 0 Å². The molecule has 0 unspecified atom stereocenters. The van der Waals surface area contributed by atoms with Crippen molar-refractivity contribution in [2.45, 2.75) is 77.6 Å². The molecule has 0 aromatic rings. The number of nitrogens with one attached hydrogen (secondary N) is 2. The second kappa shape index (κ2) is 10.4. The van der Waals surface area contributed by atoms with Crippen molar-refractivity contribution in [3.8, 4) is 0 Å². The maximum absolute atomic E-state index is 12.0. The number of aliphatic hydroxyl groups is 1. The minimum Gasteiger partial charge on any atom is -0.396 e. The van der Waals surface area contributed by atoms with Gasteiger partial charge in [0.05, 0.1) is 0 Å². The van der Waals surface area contributed by atoms with Crippen LogP contribution in [-0.2, 0) is 9.59 Å². The second-order valence-electron chi connectivity index (χ2n) is 6.33. The number of hydrogen-bond donors (Lipinski definition) is 3. The molecule has 0 aliphatic carbocycles. The molecule has 0 saturated carbocycles. The van der Waals surface area contributed by atoms with Crippen LogP contribution in [0.5, 0.6) is 0 Å². The molecule has 1 aliphatic heterocycles. The van der Waals surface area contributed by atoms with E-state index in [9.17, 15) is 14.4 Å². The van der Waals surface area contributed by atoms with Crippen LogP contribution in [0.2, 0.25) is 0 Å². The van der Waals surface area contributed by atoms with E-state index in [0.717, 1.165) is 38.5 Å². The number of imide groups is 2. The first-order valence-electron chi connectivity index (χ1n) is 8.84. The number of carbonyl (C=O) groups is 3. The van der Waals surface area contributed by atoms with Gasteiger partial charge in [-0.3, -0.25) is 20.2 Å². The molecule has 0 spiro atoms. The van der Waals surface area contributed by atoms with E-state index < -0.39 is 23.3 Å². The van der Waals surface area contributed by atoms with E-state index in [0.29, 0.717) is 12.8 Å². The lowest BCUT2D eigenvalue weighted by Gasteiger charge is -2.33. The molecule has 1 aliphatic rings. The summed E-state index contributed by atoms with van der Waals surface area (Å²) in [5, 5.41) is 13.1. The average molecular weight is 326 g/mol. The molecule has 0 radical (unpaired) electrons. The molecule has 3 N–H and O–H groups in total. The van der Waals surface area contributed by atoms with Gasteiger partial charge in [-0.2, -0.15) is 0 Å². The highest BCUT2D eigenvalue weighted by molar-refractivity contribution is 6.19. The van der Waals surface area contributed by atoms with Gasteiger partial charge in [0.25, 0.3) is 0 Å². The lowest BCUT2D eigenvalue weighted by molar-refractivity contribution is -0.145. The van der Waals surface area contributed by atoms with E-state index in [-0.39, 0.29) is 6.61 Å². The van der Waals surface area contributed by atoms with Crippen LogP contribution < -0.4 is 10.6 Å². The summed E-state index contributed by atoms with van der Waals surface area (Å²) in [6.45, 7) is 2.09. The highest BCUT2D eigenvalue weighted by Crippen LogP contribution is 2.31. The molecule has 0 bridgehead atoms. The van der Waals surface area contributed by atoms with E-state index in [1.807, 2.05) is 0 Å². The number of rotatable bonds is 12. The summed E-state index contributed by atoms with van der Waals surface area (Å²) in [6.07, 6.45) is 10.5. The lowest BCUT2D eigenvalue weighted by atomic mass is 9.77. The maximum atomic E-state index is 12.0. The Morgan fingerprint density at radius 3 is 1.65 bits per heavy atom. The van der Waals surface area contributed by atoms with E-state index in [1.165, 1.54) is 19.3 Å². The Labute approximate surface area is 138 Å². The first kappa shape index (κ1) is 19.6. The number of barbiturate groups is 1. The quantitative estimate of drug-likeness (QED) is 0.379. The Balaban J connectivity index is 2.19. The van der Waals surface area contributed by atoms with Gasteiger partial charge >= 0.3 is 6.03 Å². The minimum atomic E-state index is -1.09. The number of aliphatic hydroxyl groups excluding tert-OH is 1. The van der Waals surface area contributed by atoms with Gasteiger partial charge in [-0.05, 0) is 19.3 Å². The molecule has 23 heavy (non-hydrogen) atoms. The van der Waals surface area contributed by atoms with E-state index in [2.05, 4.69) is 10.6 Å². The number of carbonyl (C=O) groups excluding carboxylic acids is 3. The zero-order chi connectivity index (χ0) is 17.1. The van der Waals surface area contributed by atoms with E-state index in [4.69, 9.17) is 5.11 Å². The van der Waals surface area contributed by atoms with Crippen molar-refractivity contribution < 1.29 is 19.5 Å². The van der Waals surface area contributed by atoms with Gasteiger partial charge in [0, 0.05) is 6.61 Å². The highest BCUT2D eigenvalue weighted by atomic mass is 16.3. The summed E-state index contributed by atoms with van der Waals surface area (Å²) in [7, 11) is 0. The van der Waals surface area contributed by atoms with Crippen LogP contribution in [0.3, 0.4) is 0 Å². The summed E-state index contributed by atoms with van der Waals surface area (Å²) >= 11 is 0. The van der Waals surface area contributed by atoms with Gasteiger partial charge in [0.2, 0.25) is 11.8 Å². The average Bonchev–Trinajstić information content (AvgIpc) is 2.51. The normalized spacial score (nSPS) is 17.0. The molecule has 1 saturated heterocycles. The molecule has 6 heteroatoms. The van der Waals surface area contributed by atoms with Crippen LogP contribution in [0.4, 0.5) is 4.79 Å². The summed E-state index contributed by atoms with van der Waals surface area (Å²) < 4.78 is 0. The van der Waals surface area contributed by atoms with Gasteiger partial charge in [-0.15, -0.1) is 0 Å². The first-order chi connectivity index (χ1) is 11.1. The predicted molar refractivity (Wildman–Crippen MR) is 87.7 cm³/mol. The summed E-state index contributed by atoms with van der Waals surface area (Å²) in [5.41, 5.74) is -1.09.